The van der Waals surface area contributed by atoms with E-state index in [1.54, 1.807) is 23.1 Å². The lowest BCUT2D eigenvalue weighted by Gasteiger charge is -2.21. The van der Waals surface area contributed by atoms with Crippen LogP contribution in [0.5, 0.6) is 0 Å². The number of carbonyl (C=O) groups is 1. The summed E-state index contributed by atoms with van der Waals surface area (Å²) in [5, 5.41) is 4.93. The van der Waals surface area contributed by atoms with Gasteiger partial charge in [-0.15, -0.1) is 0 Å². The van der Waals surface area contributed by atoms with Gasteiger partial charge in [0.25, 0.3) is 10.2 Å². The van der Waals surface area contributed by atoms with Crippen LogP contribution in [0.4, 0.5) is 11.4 Å². The molecule has 3 N–H and O–H groups in total. The smallest absolute Gasteiger partial charge is 0.296 e. The first kappa shape index (κ1) is 14.8. The van der Waals surface area contributed by atoms with E-state index in [0.717, 1.165) is 17.7 Å². The highest BCUT2D eigenvalue weighted by atomic mass is 32.2. The van der Waals surface area contributed by atoms with E-state index in [2.05, 4.69) is 18.6 Å². The van der Waals surface area contributed by atoms with Crippen molar-refractivity contribution in [2.24, 2.45) is 11.1 Å². The van der Waals surface area contributed by atoms with E-state index < -0.39 is 10.2 Å². The van der Waals surface area contributed by atoms with Crippen LogP contribution in [-0.4, -0.2) is 20.9 Å². The number of nitrogens with zero attached hydrogens (tertiary/aromatic N) is 1. The number of carbonyl (C=O) groups excluding carboxylic acids is 1. The van der Waals surface area contributed by atoms with Crippen LogP contribution in [-0.2, 0) is 21.4 Å². The number of nitrogens with two attached hydrogens (primary N) is 1. The molecule has 0 spiro atoms. The molecule has 0 aromatic heterocycles. The predicted molar refractivity (Wildman–Crippen MR) is 78.7 cm³/mol. The Bertz CT molecular complexity index is 628. The molecule has 1 aliphatic rings. The minimum absolute atomic E-state index is 0.0491. The summed E-state index contributed by atoms with van der Waals surface area (Å²) < 4.78 is 24.2. The lowest BCUT2D eigenvalue weighted by atomic mass is 10.1. The standard InChI is InChI=1S/C13H19N3O3S/c1-3-9(2)8-16-12-5-4-11(15-20(14,18)19)6-10(12)7-13(16)17/h4-6,9,15H,3,7-8H2,1-2H3,(H2,14,18,19)/t9-/m1/s1. The Morgan fingerprint density at radius 3 is 2.75 bits per heavy atom. The van der Waals surface area contributed by atoms with Crippen LogP contribution >= 0.6 is 0 Å². The zero-order valence-electron chi connectivity index (χ0n) is 11.6. The molecule has 1 aromatic rings. The van der Waals surface area contributed by atoms with Crippen LogP contribution in [0.2, 0.25) is 0 Å². The fraction of sp³-hybridized carbons (Fsp3) is 0.462. The van der Waals surface area contributed by atoms with E-state index in [1.165, 1.54) is 0 Å². The van der Waals surface area contributed by atoms with E-state index >= 15 is 0 Å². The maximum atomic E-state index is 12.0. The average molecular weight is 297 g/mol. The first-order valence-electron chi connectivity index (χ1n) is 6.54. The van der Waals surface area contributed by atoms with Crippen molar-refractivity contribution in [2.45, 2.75) is 26.7 Å². The van der Waals surface area contributed by atoms with Crippen molar-refractivity contribution in [3.8, 4) is 0 Å². The Morgan fingerprint density at radius 2 is 2.15 bits per heavy atom. The minimum Gasteiger partial charge on any atom is -0.312 e. The summed E-state index contributed by atoms with van der Waals surface area (Å²) in [6.45, 7) is 4.87. The SMILES string of the molecule is CC[C@@H](C)CN1C(=O)Cc2cc(NS(N)(=O)=O)ccc21. The van der Waals surface area contributed by atoms with E-state index in [0.29, 0.717) is 24.6 Å². The molecule has 0 saturated heterocycles. The topological polar surface area (TPSA) is 92.5 Å². The van der Waals surface area contributed by atoms with Gasteiger partial charge in [0.05, 0.1) is 12.1 Å². The van der Waals surface area contributed by atoms with Gasteiger partial charge in [0.15, 0.2) is 0 Å². The van der Waals surface area contributed by atoms with Crippen molar-refractivity contribution in [2.75, 3.05) is 16.2 Å². The Kier molecular flexibility index (Phi) is 4.01. The third-order valence-corrected chi connectivity index (χ3v) is 3.98. The predicted octanol–water partition coefficient (Wildman–Crippen LogP) is 1.24. The molecule has 1 aromatic carbocycles. The molecule has 0 fully saturated rings. The van der Waals surface area contributed by atoms with Gasteiger partial charge in [0, 0.05) is 12.2 Å². The zero-order valence-corrected chi connectivity index (χ0v) is 12.4. The first-order valence-corrected chi connectivity index (χ1v) is 8.08. The van der Waals surface area contributed by atoms with Gasteiger partial charge in [0.2, 0.25) is 5.91 Å². The summed E-state index contributed by atoms with van der Waals surface area (Å²) in [6.07, 6.45) is 1.30. The summed E-state index contributed by atoms with van der Waals surface area (Å²) in [4.78, 5) is 13.8. The maximum Gasteiger partial charge on any atom is 0.296 e. The van der Waals surface area contributed by atoms with Crippen molar-refractivity contribution in [3.63, 3.8) is 0 Å². The van der Waals surface area contributed by atoms with Crippen LogP contribution in [0.15, 0.2) is 18.2 Å². The number of hydrogen-bond donors (Lipinski definition) is 2. The summed E-state index contributed by atoms with van der Waals surface area (Å²) >= 11 is 0. The fourth-order valence-corrected chi connectivity index (χ4v) is 2.71. The lowest BCUT2D eigenvalue weighted by molar-refractivity contribution is -0.117. The largest absolute Gasteiger partial charge is 0.312 e. The molecule has 1 heterocycles. The van der Waals surface area contributed by atoms with Crippen LogP contribution in [0, 0.1) is 5.92 Å². The Labute approximate surface area is 119 Å². The van der Waals surface area contributed by atoms with Gasteiger partial charge in [0.1, 0.15) is 0 Å². The number of rotatable bonds is 5. The summed E-state index contributed by atoms with van der Waals surface area (Å²) in [5.41, 5.74) is 2.06. The van der Waals surface area contributed by atoms with Crippen LogP contribution in [0.25, 0.3) is 0 Å². The van der Waals surface area contributed by atoms with Crippen LogP contribution in [0.3, 0.4) is 0 Å². The summed E-state index contributed by atoms with van der Waals surface area (Å²) in [5.74, 6) is 0.472. The molecule has 1 amide bonds. The van der Waals surface area contributed by atoms with Gasteiger partial charge >= 0.3 is 0 Å². The molecule has 6 nitrogen and oxygen atoms in total. The van der Waals surface area contributed by atoms with Gasteiger partial charge < -0.3 is 4.90 Å². The highest BCUT2D eigenvalue weighted by molar-refractivity contribution is 7.90. The number of fused-ring (bicyclic) bond motifs is 1. The second-order valence-corrected chi connectivity index (χ2v) is 6.48. The summed E-state index contributed by atoms with van der Waals surface area (Å²) in [6, 6.07) is 5.04. The van der Waals surface area contributed by atoms with E-state index in [4.69, 9.17) is 5.14 Å². The molecule has 0 unspecified atom stereocenters. The zero-order chi connectivity index (χ0) is 14.9. The number of benzene rings is 1. The summed E-state index contributed by atoms with van der Waals surface area (Å²) in [7, 11) is -3.79. The molecule has 1 atom stereocenters. The van der Waals surface area contributed by atoms with Gasteiger partial charge in [-0.3, -0.25) is 9.52 Å². The first-order chi connectivity index (χ1) is 9.30. The van der Waals surface area contributed by atoms with Crippen molar-refractivity contribution < 1.29 is 13.2 Å². The number of hydrogen-bond acceptors (Lipinski definition) is 3. The third kappa shape index (κ3) is 3.29. The van der Waals surface area contributed by atoms with E-state index in [9.17, 15) is 13.2 Å². The molecule has 0 radical (unpaired) electrons. The molecule has 7 heteroatoms. The van der Waals surface area contributed by atoms with Gasteiger partial charge in [-0.05, 0) is 29.7 Å². The van der Waals surface area contributed by atoms with Crippen molar-refractivity contribution in [3.05, 3.63) is 23.8 Å². The van der Waals surface area contributed by atoms with E-state index in [1.807, 2.05) is 0 Å². The molecule has 0 bridgehead atoms. The Hall–Kier alpha value is -1.60. The minimum atomic E-state index is -3.79. The van der Waals surface area contributed by atoms with E-state index in [-0.39, 0.29) is 5.91 Å². The number of amides is 1. The Balaban J connectivity index is 2.25. The molecule has 0 saturated carbocycles. The normalized spacial score (nSPS) is 16.1. The highest BCUT2D eigenvalue weighted by Crippen LogP contribution is 2.32. The number of nitrogens with one attached hydrogen (secondary N) is 1. The third-order valence-electron chi connectivity index (χ3n) is 3.46. The monoisotopic (exact) mass is 297 g/mol. The maximum absolute atomic E-state index is 12.0. The molecular weight excluding hydrogens is 278 g/mol. The van der Waals surface area contributed by atoms with Crippen molar-refractivity contribution in [1.29, 1.82) is 0 Å². The number of anilines is 2. The lowest BCUT2D eigenvalue weighted by Crippen LogP contribution is -2.31. The molecule has 2 rings (SSSR count). The molecule has 0 aliphatic carbocycles. The van der Waals surface area contributed by atoms with Crippen molar-refractivity contribution in [1.82, 2.24) is 0 Å². The van der Waals surface area contributed by atoms with Crippen molar-refractivity contribution >= 4 is 27.5 Å². The van der Waals surface area contributed by atoms with Gasteiger partial charge in [-0.2, -0.15) is 8.42 Å². The van der Waals surface area contributed by atoms with Crippen LogP contribution < -0.4 is 14.8 Å². The second kappa shape index (κ2) is 5.41. The Morgan fingerprint density at radius 1 is 1.45 bits per heavy atom. The quantitative estimate of drug-likeness (QED) is 0.856. The van der Waals surface area contributed by atoms with Gasteiger partial charge in [-0.1, -0.05) is 20.3 Å². The molecule has 110 valence electrons. The van der Waals surface area contributed by atoms with Crippen LogP contribution in [0.1, 0.15) is 25.8 Å². The fourth-order valence-electron chi connectivity index (χ4n) is 2.25. The highest BCUT2D eigenvalue weighted by Gasteiger charge is 2.28. The molecular formula is C13H19N3O3S. The van der Waals surface area contributed by atoms with Gasteiger partial charge in [-0.25, -0.2) is 5.14 Å². The average Bonchev–Trinajstić information content (AvgIpc) is 2.63. The second-order valence-electron chi connectivity index (χ2n) is 5.19. The molecule has 1 aliphatic heterocycles. The molecule has 20 heavy (non-hydrogen) atoms.